The van der Waals surface area contributed by atoms with Gasteiger partial charge in [-0.2, -0.15) is 0 Å². The predicted octanol–water partition coefficient (Wildman–Crippen LogP) is 0.277. The highest BCUT2D eigenvalue weighted by molar-refractivity contribution is 4.83. The van der Waals surface area contributed by atoms with Crippen molar-refractivity contribution < 1.29 is 18.9 Å². The highest BCUT2D eigenvalue weighted by Gasteiger charge is 1.89. The van der Waals surface area contributed by atoms with Crippen molar-refractivity contribution in [1.82, 2.24) is 0 Å². The van der Waals surface area contributed by atoms with Crippen LogP contribution in [0.5, 0.6) is 0 Å². The van der Waals surface area contributed by atoms with Crippen molar-refractivity contribution in [2.75, 3.05) is 46.4 Å². The molecule has 0 aromatic carbocycles. The standard InChI is InChI=1S/C11H16O4/c1-3-5-12-7-9-14-11-15-10-8-13-6-4-2/h1-2H,5-11H2. The van der Waals surface area contributed by atoms with Crippen LogP contribution in [-0.4, -0.2) is 46.4 Å². The highest BCUT2D eigenvalue weighted by Crippen LogP contribution is 1.82. The third-order valence-electron chi connectivity index (χ3n) is 1.28. The van der Waals surface area contributed by atoms with E-state index < -0.39 is 0 Å². The van der Waals surface area contributed by atoms with Gasteiger partial charge in [-0.25, -0.2) is 0 Å². The molecule has 0 aliphatic carbocycles. The number of hydrogen-bond donors (Lipinski definition) is 0. The van der Waals surface area contributed by atoms with E-state index in [4.69, 9.17) is 31.8 Å². The average Bonchev–Trinajstić information content (AvgIpc) is 2.26. The Labute approximate surface area is 90.8 Å². The van der Waals surface area contributed by atoms with Crippen LogP contribution in [-0.2, 0) is 18.9 Å². The van der Waals surface area contributed by atoms with Crippen LogP contribution in [0, 0.1) is 24.7 Å². The normalized spacial score (nSPS) is 9.47. The van der Waals surface area contributed by atoms with Gasteiger partial charge in [-0.15, -0.1) is 12.8 Å². The zero-order chi connectivity index (χ0) is 11.2. The summed E-state index contributed by atoms with van der Waals surface area (Å²) >= 11 is 0. The zero-order valence-corrected chi connectivity index (χ0v) is 8.74. The Morgan fingerprint density at radius 2 is 1.07 bits per heavy atom. The molecule has 0 bridgehead atoms. The van der Waals surface area contributed by atoms with Crippen molar-refractivity contribution in [1.29, 1.82) is 0 Å². The maximum Gasteiger partial charge on any atom is 0.146 e. The number of rotatable bonds is 10. The van der Waals surface area contributed by atoms with E-state index >= 15 is 0 Å². The number of terminal acetylenes is 2. The van der Waals surface area contributed by atoms with Crippen LogP contribution < -0.4 is 0 Å². The maximum absolute atomic E-state index is 5.08. The smallest absolute Gasteiger partial charge is 0.146 e. The molecule has 0 heterocycles. The van der Waals surface area contributed by atoms with Gasteiger partial charge in [-0.05, 0) is 0 Å². The molecular formula is C11H16O4. The molecule has 0 unspecified atom stereocenters. The fraction of sp³-hybridized carbons (Fsp3) is 0.636. The first-order chi connectivity index (χ1) is 7.41. The molecule has 0 aliphatic rings. The van der Waals surface area contributed by atoms with Crippen molar-refractivity contribution >= 4 is 0 Å². The quantitative estimate of drug-likeness (QED) is 0.296. The average molecular weight is 212 g/mol. The number of ether oxygens (including phenoxy) is 4. The summed E-state index contributed by atoms with van der Waals surface area (Å²) in [6.45, 7) is 2.72. The molecule has 0 fully saturated rings. The lowest BCUT2D eigenvalue weighted by Gasteiger charge is -2.05. The van der Waals surface area contributed by atoms with E-state index in [1.54, 1.807) is 0 Å². The van der Waals surface area contributed by atoms with Gasteiger partial charge in [0.05, 0.1) is 26.4 Å². The van der Waals surface area contributed by atoms with Crippen LogP contribution >= 0.6 is 0 Å². The summed E-state index contributed by atoms with van der Waals surface area (Å²) in [4.78, 5) is 0. The van der Waals surface area contributed by atoms with Gasteiger partial charge in [0.2, 0.25) is 0 Å². The Morgan fingerprint density at radius 3 is 1.47 bits per heavy atom. The van der Waals surface area contributed by atoms with Crippen LogP contribution in [0.25, 0.3) is 0 Å². The minimum Gasteiger partial charge on any atom is -0.366 e. The van der Waals surface area contributed by atoms with E-state index in [0.717, 1.165) is 0 Å². The molecule has 0 amide bonds. The summed E-state index contributed by atoms with van der Waals surface area (Å²) in [5, 5.41) is 0. The first kappa shape index (κ1) is 14.0. The fourth-order valence-corrected chi connectivity index (χ4v) is 0.675. The van der Waals surface area contributed by atoms with Crippen LogP contribution in [0.2, 0.25) is 0 Å². The molecule has 15 heavy (non-hydrogen) atoms. The van der Waals surface area contributed by atoms with Crippen LogP contribution in [0.4, 0.5) is 0 Å². The van der Waals surface area contributed by atoms with Gasteiger partial charge >= 0.3 is 0 Å². The van der Waals surface area contributed by atoms with Crippen molar-refractivity contribution in [3.8, 4) is 24.7 Å². The van der Waals surface area contributed by atoms with Crippen molar-refractivity contribution in [3.63, 3.8) is 0 Å². The molecule has 84 valence electrons. The van der Waals surface area contributed by atoms with Crippen molar-refractivity contribution in [2.24, 2.45) is 0 Å². The minimum absolute atomic E-state index is 0.221. The van der Waals surface area contributed by atoms with Gasteiger partial charge in [-0.3, -0.25) is 0 Å². The molecule has 0 aliphatic heterocycles. The Morgan fingerprint density at radius 1 is 0.667 bits per heavy atom. The zero-order valence-electron chi connectivity index (χ0n) is 8.74. The lowest BCUT2D eigenvalue weighted by atomic mass is 10.7. The largest absolute Gasteiger partial charge is 0.366 e. The van der Waals surface area contributed by atoms with Crippen LogP contribution in [0.3, 0.4) is 0 Å². The molecule has 0 rings (SSSR count). The van der Waals surface area contributed by atoms with Gasteiger partial charge in [0, 0.05) is 0 Å². The fourth-order valence-electron chi connectivity index (χ4n) is 0.675. The third kappa shape index (κ3) is 13.0. The van der Waals surface area contributed by atoms with Gasteiger partial charge < -0.3 is 18.9 Å². The topological polar surface area (TPSA) is 36.9 Å². The molecule has 4 heteroatoms. The van der Waals surface area contributed by atoms with E-state index in [1.807, 2.05) is 0 Å². The summed E-state index contributed by atoms with van der Waals surface area (Å²) in [5.74, 6) is 4.71. The summed E-state index contributed by atoms with van der Waals surface area (Å²) in [7, 11) is 0. The Hall–Kier alpha value is -1.04. The van der Waals surface area contributed by atoms with E-state index in [0.29, 0.717) is 39.6 Å². The van der Waals surface area contributed by atoms with E-state index in [9.17, 15) is 0 Å². The SMILES string of the molecule is C#CCOCCOCOCCOCC#C. The Kier molecular flexibility index (Phi) is 12.1. The monoisotopic (exact) mass is 212 g/mol. The summed E-state index contributed by atoms with van der Waals surface area (Å²) in [6.07, 6.45) is 9.96. The Balaban J connectivity index is 2.88. The van der Waals surface area contributed by atoms with Gasteiger partial charge in [0.15, 0.2) is 0 Å². The van der Waals surface area contributed by atoms with Crippen molar-refractivity contribution in [2.45, 2.75) is 0 Å². The molecule has 0 radical (unpaired) electrons. The van der Waals surface area contributed by atoms with E-state index in [2.05, 4.69) is 11.8 Å². The molecule has 0 aromatic heterocycles. The van der Waals surface area contributed by atoms with Crippen LogP contribution in [0.15, 0.2) is 0 Å². The molecule has 0 spiro atoms. The van der Waals surface area contributed by atoms with E-state index in [-0.39, 0.29) is 6.79 Å². The lowest BCUT2D eigenvalue weighted by Crippen LogP contribution is -2.10. The summed E-state index contributed by atoms with van der Waals surface area (Å²) < 4.78 is 20.1. The lowest BCUT2D eigenvalue weighted by molar-refractivity contribution is -0.0783. The van der Waals surface area contributed by atoms with Crippen LogP contribution in [0.1, 0.15) is 0 Å². The first-order valence-corrected chi connectivity index (χ1v) is 4.59. The maximum atomic E-state index is 5.08. The second kappa shape index (κ2) is 13.0. The van der Waals surface area contributed by atoms with Gasteiger partial charge in [0.1, 0.15) is 20.0 Å². The third-order valence-corrected chi connectivity index (χ3v) is 1.28. The van der Waals surface area contributed by atoms with Gasteiger partial charge in [-0.1, -0.05) is 11.8 Å². The van der Waals surface area contributed by atoms with Gasteiger partial charge in [0.25, 0.3) is 0 Å². The molecular weight excluding hydrogens is 196 g/mol. The molecule has 0 atom stereocenters. The molecule has 0 saturated carbocycles. The Bertz CT molecular complexity index is 180. The minimum atomic E-state index is 0.221. The molecule has 0 saturated heterocycles. The van der Waals surface area contributed by atoms with E-state index in [1.165, 1.54) is 0 Å². The second-order valence-electron chi connectivity index (χ2n) is 2.45. The summed E-state index contributed by atoms with van der Waals surface area (Å²) in [6, 6.07) is 0. The molecule has 4 nitrogen and oxygen atoms in total. The molecule has 0 aromatic rings. The molecule has 0 N–H and O–H groups in total. The summed E-state index contributed by atoms with van der Waals surface area (Å²) in [5.41, 5.74) is 0. The highest BCUT2D eigenvalue weighted by atomic mass is 16.7. The first-order valence-electron chi connectivity index (χ1n) is 4.59. The predicted molar refractivity (Wildman–Crippen MR) is 56.1 cm³/mol. The second-order valence-corrected chi connectivity index (χ2v) is 2.45. The number of hydrogen-bond acceptors (Lipinski definition) is 4. The van der Waals surface area contributed by atoms with Crippen molar-refractivity contribution in [3.05, 3.63) is 0 Å².